The summed E-state index contributed by atoms with van der Waals surface area (Å²) in [4.78, 5) is 18.4. The van der Waals surface area contributed by atoms with Gasteiger partial charge in [0.1, 0.15) is 11.9 Å². The van der Waals surface area contributed by atoms with Gasteiger partial charge in [0.05, 0.1) is 25.3 Å². The van der Waals surface area contributed by atoms with Crippen LogP contribution in [0.25, 0.3) is 6.08 Å². The van der Waals surface area contributed by atoms with Gasteiger partial charge in [-0.1, -0.05) is 12.1 Å². The Balaban J connectivity index is 1.58. The highest BCUT2D eigenvalue weighted by Gasteiger charge is 2.24. The number of nitrogens with zero attached hydrogens (tertiary/aromatic N) is 3. The molecule has 0 spiro atoms. The first-order chi connectivity index (χ1) is 13.2. The summed E-state index contributed by atoms with van der Waals surface area (Å²) in [6.45, 7) is 1.21. The zero-order chi connectivity index (χ0) is 19.1. The van der Waals surface area contributed by atoms with Crippen LogP contribution in [0.1, 0.15) is 24.0 Å². The first-order valence-corrected chi connectivity index (χ1v) is 8.82. The highest BCUT2D eigenvalue weighted by atomic mass is 16.5. The SMILES string of the molecule is COc1ccc(/C=C/C(=O)N2CCC[C@@H](Oc3cc(C#N)ccn3)C2)cc1. The minimum atomic E-state index is -0.126. The fraction of sp³-hybridized carbons (Fsp3) is 0.286. The molecule has 1 fully saturated rings. The Hall–Kier alpha value is -3.33. The summed E-state index contributed by atoms with van der Waals surface area (Å²) in [5.74, 6) is 1.16. The normalized spacial score (nSPS) is 16.7. The zero-order valence-electron chi connectivity index (χ0n) is 15.2. The number of carbonyl (C=O) groups excluding carboxylic acids is 1. The van der Waals surface area contributed by atoms with Crippen molar-refractivity contribution in [2.45, 2.75) is 18.9 Å². The molecule has 6 heteroatoms. The number of aromatic nitrogens is 1. The Morgan fingerprint density at radius 1 is 1.33 bits per heavy atom. The van der Waals surface area contributed by atoms with Crippen LogP contribution in [0.15, 0.2) is 48.7 Å². The van der Waals surface area contributed by atoms with Crippen LogP contribution in [0.2, 0.25) is 0 Å². The maximum Gasteiger partial charge on any atom is 0.246 e. The lowest BCUT2D eigenvalue weighted by Gasteiger charge is -2.32. The number of pyridine rings is 1. The van der Waals surface area contributed by atoms with Gasteiger partial charge < -0.3 is 14.4 Å². The van der Waals surface area contributed by atoms with Gasteiger partial charge in [0, 0.05) is 24.9 Å². The molecule has 3 rings (SSSR count). The van der Waals surface area contributed by atoms with Crippen molar-refractivity contribution in [2.24, 2.45) is 0 Å². The van der Waals surface area contributed by atoms with E-state index >= 15 is 0 Å². The predicted molar refractivity (Wildman–Crippen MR) is 101 cm³/mol. The van der Waals surface area contributed by atoms with Crippen LogP contribution in [0, 0.1) is 11.3 Å². The van der Waals surface area contributed by atoms with Crippen molar-refractivity contribution in [2.75, 3.05) is 20.2 Å². The smallest absolute Gasteiger partial charge is 0.246 e. The molecule has 1 aliphatic rings. The number of likely N-dealkylation sites (tertiary alicyclic amines) is 1. The molecular weight excluding hydrogens is 342 g/mol. The molecule has 0 aliphatic carbocycles. The van der Waals surface area contributed by atoms with Crippen LogP contribution in [0.4, 0.5) is 0 Å². The van der Waals surface area contributed by atoms with E-state index in [2.05, 4.69) is 11.1 Å². The molecule has 0 saturated carbocycles. The van der Waals surface area contributed by atoms with Gasteiger partial charge in [-0.05, 0) is 42.7 Å². The number of piperidine rings is 1. The van der Waals surface area contributed by atoms with E-state index < -0.39 is 0 Å². The van der Waals surface area contributed by atoms with Crippen LogP contribution in [-0.2, 0) is 4.79 Å². The number of amides is 1. The molecule has 0 N–H and O–H groups in total. The Bertz CT molecular complexity index is 856. The van der Waals surface area contributed by atoms with E-state index in [1.807, 2.05) is 24.3 Å². The van der Waals surface area contributed by atoms with E-state index in [1.165, 1.54) is 0 Å². The summed E-state index contributed by atoms with van der Waals surface area (Å²) in [5, 5.41) is 8.96. The first kappa shape index (κ1) is 18.5. The highest BCUT2D eigenvalue weighted by molar-refractivity contribution is 5.91. The van der Waals surface area contributed by atoms with Crippen molar-refractivity contribution >= 4 is 12.0 Å². The predicted octanol–water partition coefficient (Wildman–Crippen LogP) is 3.05. The first-order valence-electron chi connectivity index (χ1n) is 8.82. The second kappa shape index (κ2) is 8.86. The minimum Gasteiger partial charge on any atom is -0.497 e. The van der Waals surface area contributed by atoms with E-state index in [1.54, 1.807) is 42.5 Å². The van der Waals surface area contributed by atoms with Gasteiger partial charge in [0.25, 0.3) is 0 Å². The Morgan fingerprint density at radius 2 is 2.15 bits per heavy atom. The van der Waals surface area contributed by atoms with Crippen LogP contribution in [-0.4, -0.2) is 42.1 Å². The maximum absolute atomic E-state index is 12.5. The molecule has 0 unspecified atom stereocenters. The number of ether oxygens (including phenoxy) is 2. The average Bonchev–Trinajstić information content (AvgIpc) is 2.72. The summed E-state index contributed by atoms with van der Waals surface area (Å²) in [7, 11) is 1.62. The van der Waals surface area contributed by atoms with Gasteiger partial charge in [-0.2, -0.15) is 5.26 Å². The standard InChI is InChI=1S/C21H21N3O3/c1-26-18-7-4-16(5-8-18)6-9-21(25)24-12-2-3-19(15-24)27-20-13-17(14-22)10-11-23-20/h4-11,13,19H,2-3,12,15H2,1H3/b9-6+/t19-/m1/s1. The van der Waals surface area contributed by atoms with Gasteiger partial charge in [-0.3, -0.25) is 4.79 Å². The monoisotopic (exact) mass is 363 g/mol. The average molecular weight is 363 g/mol. The second-order valence-corrected chi connectivity index (χ2v) is 6.27. The zero-order valence-corrected chi connectivity index (χ0v) is 15.2. The molecule has 138 valence electrons. The fourth-order valence-electron chi connectivity index (χ4n) is 2.94. The molecule has 1 atom stereocenters. The van der Waals surface area contributed by atoms with Crippen molar-refractivity contribution in [1.82, 2.24) is 9.88 Å². The van der Waals surface area contributed by atoms with Gasteiger partial charge in [0.15, 0.2) is 0 Å². The Kier molecular flexibility index (Phi) is 6.06. The number of nitriles is 1. The minimum absolute atomic E-state index is 0.0437. The molecule has 1 aromatic heterocycles. The fourth-order valence-corrected chi connectivity index (χ4v) is 2.94. The number of benzene rings is 1. The molecule has 1 aromatic carbocycles. The molecule has 2 aromatic rings. The van der Waals surface area contributed by atoms with Crippen LogP contribution in [0.3, 0.4) is 0 Å². The molecule has 2 heterocycles. The van der Waals surface area contributed by atoms with Gasteiger partial charge in [-0.25, -0.2) is 4.98 Å². The Labute approximate surface area is 158 Å². The number of carbonyl (C=O) groups is 1. The largest absolute Gasteiger partial charge is 0.497 e. The molecule has 1 aliphatic heterocycles. The van der Waals surface area contributed by atoms with Crippen LogP contribution < -0.4 is 9.47 Å². The van der Waals surface area contributed by atoms with Gasteiger partial charge in [-0.15, -0.1) is 0 Å². The summed E-state index contributed by atoms with van der Waals surface area (Å²) < 4.78 is 11.0. The van der Waals surface area contributed by atoms with E-state index in [0.29, 0.717) is 24.5 Å². The van der Waals surface area contributed by atoms with E-state index in [0.717, 1.165) is 24.2 Å². The summed E-state index contributed by atoms with van der Waals surface area (Å²) in [5.41, 5.74) is 1.44. The van der Waals surface area contributed by atoms with Crippen molar-refractivity contribution < 1.29 is 14.3 Å². The van der Waals surface area contributed by atoms with E-state index in [9.17, 15) is 4.79 Å². The number of rotatable bonds is 5. The number of hydrogen-bond donors (Lipinski definition) is 0. The third kappa shape index (κ3) is 5.08. The number of hydrogen-bond acceptors (Lipinski definition) is 5. The van der Waals surface area contributed by atoms with Crippen molar-refractivity contribution in [1.29, 1.82) is 5.26 Å². The highest BCUT2D eigenvalue weighted by Crippen LogP contribution is 2.18. The maximum atomic E-state index is 12.5. The molecule has 0 radical (unpaired) electrons. The number of methoxy groups -OCH3 is 1. The molecule has 1 amide bonds. The van der Waals surface area contributed by atoms with Gasteiger partial charge in [0.2, 0.25) is 11.8 Å². The van der Waals surface area contributed by atoms with Crippen molar-refractivity contribution in [3.63, 3.8) is 0 Å². The lowest BCUT2D eigenvalue weighted by Crippen LogP contribution is -2.43. The summed E-state index contributed by atoms with van der Waals surface area (Å²) in [6, 6.07) is 12.8. The van der Waals surface area contributed by atoms with Gasteiger partial charge >= 0.3 is 0 Å². The Morgan fingerprint density at radius 3 is 2.89 bits per heavy atom. The lowest BCUT2D eigenvalue weighted by atomic mass is 10.1. The molecule has 1 saturated heterocycles. The van der Waals surface area contributed by atoms with E-state index in [-0.39, 0.29) is 12.0 Å². The molecule has 27 heavy (non-hydrogen) atoms. The van der Waals surface area contributed by atoms with E-state index in [4.69, 9.17) is 14.7 Å². The van der Waals surface area contributed by atoms with Crippen molar-refractivity contribution in [3.8, 4) is 17.7 Å². The summed E-state index contributed by atoms with van der Waals surface area (Å²) >= 11 is 0. The van der Waals surface area contributed by atoms with Crippen LogP contribution >= 0.6 is 0 Å². The molecular formula is C21H21N3O3. The third-order valence-corrected chi connectivity index (χ3v) is 4.38. The third-order valence-electron chi connectivity index (χ3n) is 4.38. The molecule has 6 nitrogen and oxygen atoms in total. The quantitative estimate of drug-likeness (QED) is 0.763. The summed E-state index contributed by atoms with van der Waals surface area (Å²) in [6.07, 6.45) is 6.52. The lowest BCUT2D eigenvalue weighted by molar-refractivity contribution is -0.128. The molecule has 0 bridgehead atoms. The second-order valence-electron chi connectivity index (χ2n) is 6.27. The van der Waals surface area contributed by atoms with Crippen molar-refractivity contribution in [3.05, 3.63) is 59.8 Å². The van der Waals surface area contributed by atoms with Crippen LogP contribution in [0.5, 0.6) is 11.6 Å². The topological polar surface area (TPSA) is 75.4 Å².